The predicted octanol–water partition coefficient (Wildman–Crippen LogP) is 1.09. The average molecular weight is 291 g/mol. The van der Waals surface area contributed by atoms with Gasteiger partial charge in [-0.05, 0) is 17.7 Å². The lowest BCUT2D eigenvalue weighted by molar-refractivity contribution is 0.793. The molecule has 3 aromatic heterocycles. The van der Waals surface area contributed by atoms with E-state index >= 15 is 0 Å². The fourth-order valence-electron chi connectivity index (χ4n) is 1.64. The zero-order chi connectivity index (χ0) is 13.8. The number of imidazole rings is 1. The van der Waals surface area contributed by atoms with E-state index in [-0.39, 0.29) is 5.28 Å². The minimum Gasteiger partial charge on any atom is -0.354 e. The Balaban J connectivity index is 1.70. The molecule has 3 aromatic rings. The van der Waals surface area contributed by atoms with Gasteiger partial charge >= 0.3 is 0 Å². The van der Waals surface area contributed by atoms with Gasteiger partial charge in [0.2, 0.25) is 11.2 Å². The van der Waals surface area contributed by atoms with Crippen molar-refractivity contribution in [1.29, 1.82) is 0 Å². The molecule has 2 N–H and O–H groups in total. The van der Waals surface area contributed by atoms with Crippen molar-refractivity contribution < 1.29 is 0 Å². The first-order valence-corrected chi connectivity index (χ1v) is 6.33. The summed E-state index contributed by atoms with van der Waals surface area (Å²) in [6, 6.07) is 1.78. The molecule has 3 rings (SSSR count). The lowest BCUT2D eigenvalue weighted by atomic mass is 10.4. The maximum absolute atomic E-state index is 5.88. The van der Waals surface area contributed by atoms with Crippen LogP contribution < -0.4 is 5.32 Å². The van der Waals surface area contributed by atoms with E-state index in [9.17, 15) is 0 Å². The molecular weight excluding hydrogens is 280 g/mol. The smallest absolute Gasteiger partial charge is 0.256 e. The monoisotopic (exact) mass is 290 g/mol. The Hall–Kier alpha value is -2.48. The molecule has 0 fully saturated rings. The summed E-state index contributed by atoms with van der Waals surface area (Å²) in [6.07, 6.45) is 7.60. The molecular formula is C11H11ClN8. The van der Waals surface area contributed by atoms with Gasteiger partial charge in [0.25, 0.3) is 5.95 Å². The van der Waals surface area contributed by atoms with Gasteiger partial charge in [-0.15, -0.1) is 0 Å². The van der Waals surface area contributed by atoms with Crippen molar-refractivity contribution in [3.05, 3.63) is 42.0 Å². The zero-order valence-electron chi connectivity index (χ0n) is 10.4. The van der Waals surface area contributed by atoms with Crippen molar-refractivity contribution in [2.75, 3.05) is 11.9 Å². The average Bonchev–Trinajstić information content (AvgIpc) is 3.11. The standard InChI is InChI=1S/C11H11ClN8/c12-9-17-10(15-4-2-8-13-5-6-14-8)19-11(18-9)20-7-1-3-16-20/h1,3,5-7H,2,4H2,(H,13,14)(H,15,17,18,19). The molecule has 0 saturated heterocycles. The summed E-state index contributed by atoms with van der Waals surface area (Å²) in [6.45, 7) is 0.631. The highest BCUT2D eigenvalue weighted by molar-refractivity contribution is 6.28. The molecule has 0 spiro atoms. The first-order valence-electron chi connectivity index (χ1n) is 5.95. The second-order valence-electron chi connectivity index (χ2n) is 3.89. The van der Waals surface area contributed by atoms with Crippen molar-refractivity contribution in [1.82, 2.24) is 34.7 Å². The summed E-state index contributed by atoms with van der Waals surface area (Å²) in [7, 11) is 0. The Morgan fingerprint density at radius 2 is 2.20 bits per heavy atom. The summed E-state index contributed by atoms with van der Waals surface area (Å²) in [5.41, 5.74) is 0. The van der Waals surface area contributed by atoms with E-state index in [1.165, 1.54) is 4.68 Å². The molecule has 0 bridgehead atoms. The van der Waals surface area contributed by atoms with Crippen molar-refractivity contribution in [3.63, 3.8) is 0 Å². The summed E-state index contributed by atoms with van der Waals surface area (Å²) in [5.74, 6) is 1.67. The highest BCUT2D eigenvalue weighted by Gasteiger charge is 2.06. The number of hydrogen-bond donors (Lipinski definition) is 2. The van der Waals surface area contributed by atoms with Crippen LogP contribution in [0.1, 0.15) is 5.82 Å². The van der Waals surface area contributed by atoms with Crippen LogP contribution in [0.5, 0.6) is 0 Å². The molecule has 0 aromatic carbocycles. The topological polar surface area (TPSA) is 97.2 Å². The summed E-state index contributed by atoms with van der Waals surface area (Å²) in [5, 5.41) is 7.25. The van der Waals surface area contributed by atoms with Crippen LogP contribution in [0.3, 0.4) is 0 Å². The number of halogens is 1. The molecule has 0 radical (unpaired) electrons. The van der Waals surface area contributed by atoms with Crippen LogP contribution >= 0.6 is 11.6 Å². The van der Waals surface area contributed by atoms with E-state index in [0.29, 0.717) is 18.4 Å². The van der Waals surface area contributed by atoms with Gasteiger partial charge < -0.3 is 10.3 Å². The van der Waals surface area contributed by atoms with Crippen LogP contribution in [0.2, 0.25) is 5.28 Å². The van der Waals surface area contributed by atoms with E-state index in [1.807, 2.05) is 0 Å². The third-order valence-electron chi connectivity index (χ3n) is 2.51. The van der Waals surface area contributed by atoms with Crippen LogP contribution in [0, 0.1) is 0 Å². The van der Waals surface area contributed by atoms with Gasteiger partial charge in [0.15, 0.2) is 0 Å². The second kappa shape index (κ2) is 5.66. The molecule has 0 aliphatic heterocycles. The minimum atomic E-state index is 0.117. The number of hydrogen-bond acceptors (Lipinski definition) is 6. The predicted molar refractivity (Wildman–Crippen MR) is 72.7 cm³/mol. The van der Waals surface area contributed by atoms with Gasteiger partial charge in [-0.25, -0.2) is 9.67 Å². The molecule has 9 heteroatoms. The Morgan fingerprint density at radius 1 is 1.25 bits per heavy atom. The number of anilines is 1. The van der Waals surface area contributed by atoms with Gasteiger partial charge in [0.05, 0.1) is 0 Å². The second-order valence-corrected chi connectivity index (χ2v) is 4.23. The molecule has 0 atom stereocenters. The largest absolute Gasteiger partial charge is 0.354 e. The Morgan fingerprint density at radius 3 is 2.95 bits per heavy atom. The van der Waals surface area contributed by atoms with E-state index < -0.39 is 0 Å². The molecule has 3 heterocycles. The summed E-state index contributed by atoms with van der Waals surface area (Å²) in [4.78, 5) is 19.4. The van der Waals surface area contributed by atoms with Crippen LogP contribution in [0.25, 0.3) is 5.95 Å². The molecule has 0 aliphatic rings. The summed E-state index contributed by atoms with van der Waals surface area (Å²) < 4.78 is 1.52. The first-order chi connectivity index (χ1) is 9.81. The van der Waals surface area contributed by atoms with Gasteiger partial charge in [-0.2, -0.15) is 20.1 Å². The molecule has 20 heavy (non-hydrogen) atoms. The maximum Gasteiger partial charge on any atom is 0.256 e. The Bertz CT molecular complexity index is 664. The molecule has 0 aliphatic carbocycles. The quantitative estimate of drug-likeness (QED) is 0.730. The highest BCUT2D eigenvalue weighted by Crippen LogP contribution is 2.08. The highest BCUT2D eigenvalue weighted by atomic mass is 35.5. The maximum atomic E-state index is 5.88. The van der Waals surface area contributed by atoms with Crippen molar-refractivity contribution >= 4 is 17.5 Å². The molecule has 0 saturated carbocycles. The van der Waals surface area contributed by atoms with Crippen LogP contribution in [0.15, 0.2) is 30.9 Å². The fourth-order valence-corrected chi connectivity index (χ4v) is 1.79. The zero-order valence-corrected chi connectivity index (χ0v) is 11.1. The van der Waals surface area contributed by atoms with Crippen LogP contribution in [-0.2, 0) is 6.42 Å². The third-order valence-corrected chi connectivity index (χ3v) is 2.67. The Labute approximate surface area is 119 Å². The van der Waals surface area contributed by atoms with E-state index in [0.717, 1.165) is 12.2 Å². The molecule has 0 amide bonds. The van der Waals surface area contributed by atoms with Gasteiger partial charge in [-0.3, -0.25) is 0 Å². The lowest BCUT2D eigenvalue weighted by Crippen LogP contribution is -2.12. The van der Waals surface area contributed by atoms with Gasteiger partial charge in [0.1, 0.15) is 5.82 Å². The fraction of sp³-hybridized carbons (Fsp3) is 0.182. The number of aromatic amines is 1. The lowest BCUT2D eigenvalue weighted by Gasteiger charge is -2.05. The number of nitrogens with one attached hydrogen (secondary N) is 2. The molecule has 0 unspecified atom stereocenters. The normalized spacial score (nSPS) is 10.7. The van der Waals surface area contributed by atoms with Crippen molar-refractivity contribution in [3.8, 4) is 5.95 Å². The molecule has 102 valence electrons. The number of nitrogens with zero attached hydrogens (tertiary/aromatic N) is 6. The minimum absolute atomic E-state index is 0.117. The van der Waals surface area contributed by atoms with E-state index in [4.69, 9.17) is 11.6 Å². The molecule has 8 nitrogen and oxygen atoms in total. The summed E-state index contributed by atoms with van der Waals surface area (Å²) >= 11 is 5.88. The van der Waals surface area contributed by atoms with Crippen molar-refractivity contribution in [2.24, 2.45) is 0 Å². The van der Waals surface area contributed by atoms with Gasteiger partial charge in [0, 0.05) is 37.8 Å². The number of H-pyrrole nitrogens is 1. The number of rotatable bonds is 5. The Kier molecular flexibility index (Phi) is 3.55. The SMILES string of the molecule is Clc1nc(NCCc2ncc[nH]2)nc(-n2cccn2)n1. The van der Waals surface area contributed by atoms with Crippen LogP contribution in [0.4, 0.5) is 5.95 Å². The van der Waals surface area contributed by atoms with Crippen LogP contribution in [-0.4, -0.2) is 41.2 Å². The van der Waals surface area contributed by atoms with Gasteiger partial charge in [-0.1, -0.05) is 0 Å². The third kappa shape index (κ3) is 2.91. The van der Waals surface area contributed by atoms with Crippen molar-refractivity contribution in [2.45, 2.75) is 6.42 Å². The number of aromatic nitrogens is 7. The van der Waals surface area contributed by atoms with E-state index in [2.05, 4.69) is 35.3 Å². The first kappa shape index (κ1) is 12.5. The van der Waals surface area contributed by atoms with E-state index in [1.54, 1.807) is 30.9 Å².